The topological polar surface area (TPSA) is 49.4 Å². The minimum Gasteiger partial charge on any atom is -0.352 e. The molecule has 30 heavy (non-hydrogen) atoms. The van der Waals surface area contributed by atoms with Crippen molar-refractivity contribution < 1.29 is 14.0 Å². The van der Waals surface area contributed by atoms with Gasteiger partial charge in [0.15, 0.2) is 0 Å². The largest absolute Gasteiger partial charge is 0.352 e. The molecule has 0 aliphatic carbocycles. The van der Waals surface area contributed by atoms with Crippen LogP contribution in [0.1, 0.15) is 37.5 Å². The highest BCUT2D eigenvalue weighted by Gasteiger charge is 2.26. The van der Waals surface area contributed by atoms with E-state index in [9.17, 15) is 14.0 Å². The maximum Gasteiger partial charge on any atom is 0.242 e. The van der Waals surface area contributed by atoms with E-state index in [-0.39, 0.29) is 35.2 Å². The van der Waals surface area contributed by atoms with Crippen LogP contribution in [0.15, 0.2) is 42.5 Å². The van der Waals surface area contributed by atoms with Crippen molar-refractivity contribution in [3.63, 3.8) is 0 Å². The number of hydrogen-bond donors (Lipinski definition) is 1. The van der Waals surface area contributed by atoms with Crippen molar-refractivity contribution in [3.05, 3.63) is 70.0 Å². The molecule has 0 fully saturated rings. The molecule has 0 aliphatic rings. The molecule has 0 saturated carbocycles. The van der Waals surface area contributed by atoms with E-state index >= 15 is 0 Å². The van der Waals surface area contributed by atoms with Gasteiger partial charge in [-0.25, -0.2) is 4.39 Å². The summed E-state index contributed by atoms with van der Waals surface area (Å²) in [5.41, 5.74) is 2.42. The van der Waals surface area contributed by atoms with Gasteiger partial charge in [-0.1, -0.05) is 41.9 Å². The summed E-state index contributed by atoms with van der Waals surface area (Å²) >= 11 is 7.35. The van der Waals surface area contributed by atoms with Crippen molar-refractivity contribution in [3.8, 4) is 0 Å². The van der Waals surface area contributed by atoms with Crippen molar-refractivity contribution in [1.29, 1.82) is 0 Å². The monoisotopic (exact) mass is 450 g/mol. The zero-order valence-corrected chi connectivity index (χ0v) is 19.3. The lowest BCUT2D eigenvalue weighted by Crippen LogP contribution is -2.49. The molecule has 0 bridgehead atoms. The predicted molar refractivity (Wildman–Crippen MR) is 122 cm³/mol. The fourth-order valence-corrected chi connectivity index (χ4v) is 4.20. The summed E-state index contributed by atoms with van der Waals surface area (Å²) in [6.45, 7) is 7.80. The number of hydrogen-bond acceptors (Lipinski definition) is 3. The number of nitrogens with one attached hydrogen (secondary N) is 1. The number of aryl methyl sites for hydroxylation is 1. The van der Waals surface area contributed by atoms with Gasteiger partial charge in [0, 0.05) is 28.9 Å². The van der Waals surface area contributed by atoms with Gasteiger partial charge in [0.1, 0.15) is 11.9 Å². The van der Waals surface area contributed by atoms with E-state index in [2.05, 4.69) is 5.32 Å². The van der Waals surface area contributed by atoms with Gasteiger partial charge in [-0.3, -0.25) is 9.59 Å². The van der Waals surface area contributed by atoms with E-state index in [0.29, 0.717) is 17.1 Å². The highest BCUT2D eigenvalue weighted by atomic mass is 35.5. The molecule has 0 unspecified atom stereocenters. The lowest BCUT2D eigenvalue weighted by Gasteiger charge is -2.30. The van der Waals surface area contributed by atoms with Crippen LogP contribution in [0, 0.1) is 12.7 Å². The Labute approximate surface area is 187 Å². The summed E-state index contributed by atoms with van der Waals surface area (Å²) in [5.74, 6) is -0.363. The number of thioether (sulfide) groups is 1. The van der Waals surface area contributed by atoms with Crippen LogP contribution in [0.2, 0.25) is 5.02 Å². The number of nitrogens with zero attached hydrogens (tertiary/aromatic N) is 1. The Hall–Kier alpha value is -2.05. The number of halogens is 2. The molecule has 2 aromatic rings. The standard InChI is InChI=1S/C23H28ClFN2O2S/c1-15(2)26-23(29)17(4)27(12-18-9-6-5-8-16(18)3)22(28)14-30-13-19-20(24)10-7-11-21(19)25/h5-11,15,17H,12-14H2,1-4H3,(H,26,29)/t17-/m1/s1. The van der Waals surface area contributed by atoms with Gasteiger partial charge in [0.05, 0.1) is 5.75 Å². The molecule has 0 radical (unpaired) electrons. The molecular weight excluding hydrogens is 423 g/mol. The van der Waals surface area contributed by atoms with E-state index < -0.39 is 6.04 Å². The minimum atomic E-state index is -0.628. The Morgan fingerprint density at radius 3 is 2.47 bits per heavy atom. The number of benzene rings is 2. The minimum absolute atomic E-state index is 0.0204. The summed E-state index contributed by atoms with van der Waals surface area (Å²) in [4.78, 5) is 27.2. The van der Waals surface area contributed by atoms with Crippen LogP contribution in [0.5, 0.6) is 0 Å². The smallest absolute Gasteiger partial charge is 0.242 e. The van der Waals surface area contributed by atoms with Gasteiger partial charge >= 0.3 is 0 Å². The van der Waals surface area contributed by atoms with Gasteiger partial charge < -0.3 is 10.2 Å². The Morgan fingerprint density at radius 2 is 1.83 bits per heavy atom. The number of carbonyl (C=O) groups is 2. The first-order chi connectivity index (χ1) is 14.2. The quantitative estimate of drug-likeness (QED) is 0.587. The molecule has 2 aromatic carbocycles. The second-order valence-electron chi connectivity index (χ2n) is 7.48. The van der Waals surface area contributed by atoms with Crippen molar-refractivity contribution in [1.82, 2.24) is 10.2 Å². The maximum atomic E-state index is 14.0. The van der Waals surface area contributed by atoms with Gasteiger partial charge in [-0.05, 0) is 51.0 Å². The molecular formula is C23H28ClFN2O2S. The van der Waals surface area contributed by atoms with Crippen LogP contribution in [-0.2, 0) is 21.9 Å². The molecule has 4 nitrogen and oxygen atoms in total. The van der Waals surface area contributed by atoms with Crippen LogP contribution in [0.25, 0.3) is 0 Å². The van der Waals surface area contributed by atoms with Crippen molar-refractivity contribution in [2.24, 2.45) is 0 Å². The van der Waals surface area contributed by atoms with E-state index in [1.165, 1.54) is 17.8 Å². The Morgan fingerprint density at radius 1 is 1.13 bits per heavy atom. The summed E-state index contributed by atoms with van der Waals surface area (Å²) in [5, 5.41) is 3.21. The van der Waals surface area contributed by atoms with E-state index in [1.54, 1.807) is 24.0 Å². The fourth-order valence-electron chi connectivity index (χ4n) is 2.95. The van der Waals surface area contributed by atoms with Gasteiger partial charge in [0.2, 0.25) is 11.8 Å². The number of carbonyl (C=O) groups excluding carboxylic acids is 2. The molecule has 1 N–H and O–H groups in total. The molecule has 0 saturated heterocycles. The second-order valence-corrected chi connectivity index (χ2v) is 8.87. The maximum absolute atomic E-state index is 14.0. The Kier molecular flexibility index (Phi) is 9.18. The van der Waals surface area contributed by atoms with E-state index in [0.717, 1.165) is 11.1 Å². The molecule has 0 aliphatic heterocycles. The lowest BCUT2D eigenvalue weighted by molar-refractivity contribution is -0.138. The zero-order chi connectivity index (χ0) is 22.3. The Bertz CT molecular complexity index is 871. The second kappa shape index (κ2) is 11.4. The molecule has 162 valence electrons. The van der Waals surface area contributed by atoms with Crippen LogP contribution >= 0.6 is 23.4 Å². The van der Waals surface area contributed by atoms with Gasteiger partial charge in [-0.15, -0.1) is 11.8 Å². The van der Waals surface area contributed by atoms with Gasteiger partial charge in [0.25, 0.3) is 0 Å². The van der Waals surface area contributed by atoms with Crippen LogP contribution < -0.4 is 5.32 Å². The van der Waals surface area contributed by atoms with Crippen molar-refractivity contribution >= 4 is 35.2 Å². The van der Waals surface area contributed by atoms with E-state index in [1.807, 2.05) is 45.0 Å². The van der Waals surface area contributed by atoms with E-state index in [4.69, 9.17) is 11.6 Å². The first-order valence-electron chi connectivity index (χ1n) is 9.85. The summed E-state index contributed by atoms with van der Waals surface area (Å²) in [7, 11) is 0. The molecule has 0 heterocycles. The lowest BCUT2D eigenvalue weighted by atomic mass is 10.1. The van der Waals surface area contributed by atoms with Gasteiger partial charge in [-0.2, -0.15) is 0 Å². The van der Waals surface area contributed by atoms with Crippen LogP contribution in [-0.4, -0.2) is 34.6 Å². The predicted octanol–water partition coefficient (Wildman–Crippen LogP) is 4.96. The summed E-state index contributed by atoms with van der Waals surface area (Å²) in [6, 6.07) is 11.7. The summed E-state index contributed by atoms with van der Waals surface area (Å²) < 4.78 is 14.0. The average Bonchev–Trinajstić information content (AvgIpc) is 2.68. The number of amides is 2. The molecule has 0 aromatic heterocycles. The highest BCUT2D eigenvalue weighted by molar-refractivity contribution is 7.99. The zero-order valence-electron chi connectivity index (χ0n) is 17.7. The molecule has 7 heteroatoms. The van der Waals surface area contributed by atoms with Crippen molar-refractivity contribution in [2.45, 2.75) is 52.1 Å². The number of rotatable bonds is 9. The highest BCUT2D eigenvalue weighted by Crippen LogP contribution is 2.24. The van der Waals surface area contributed by atoms with Crippen molar-refractivity contribution in [2.75, 3.05) is 5.75 Å². The average molecular weight is 451 g/mol. The third kappa shape index (κ3) is 6.74. The summed E-state index contributed by atoms with van der Waals surface area (Å²) in [6.07, 6.45) is 0. The normalized spacial score (nSPS) is 12.0. The third-order valence-corrected chi connectivity index (χ3v) is 6.03. The molecule has 2 amide bonds. The van der Waals surface area contributed by atoms with Crippen LogP contribution in [0.4, 0.5) is 4.39 Å². The molecule has 2 rings (SSSR count). The molecule has 1 atom stereocenters. The SMILES string of the molecule is Cc1ccccc1CN(C(=O)CSCc1c(F)cccc1Cl)[C@H](C)C(=O)NC(C)C. The third-order valence-electron chi connectivity index (χ3n) is 4.73. The fraction of sp³-hybridized carbons (Fsp3) is 0.391. The molecule has 0 spiro atoms. The Balaban J connectivity index is 2.13. The van der Waals surface area contributed by atoms with Crippen LogP contribution in [0.3, 0.4) is 0 Å². The first-order valence-corrected chi connectivity index (χ1v) is 11.4. The first kappa shape index (κ1) is 24.2.